The van der Waals surface area contributed by atoms with E-state index in [0.717, 1.165) is 44.0 Å². The summed E-state index contributed by atoms with van der Waals surface area (Å²) >= 11 is 1.86. The number of hydrogen-bond donors (Lipinski definition) is 0. The maximum atomic E-state index is 5.33. The standard InChI is InChI=1S/C54H32N2S/c1-2-15-33(16-3-1)34-17-4-5-18-35(34)36-19-8-9-23-41(36)51-42(29-31-46-52(51)53-47(55-46)32-30-43-39-22-10-12-26-45(39)56-54(43)53)38-21-7-6-20-37(38)40-25-14-28-49-50(40)44-24-11-13-27-48(44)57-49/h1-32H. The maximum absolute atomic E-state index is 5.33. The minimum atomic E-state index is 0.962. The Morgan fingerprint density at radius 1 is 0.316 bits per heavy atom. The molecule has 0 amide bonds. The molecular formula is C54H32N2S. The monoisotopic (exact) mass is 740 g/mol. The first-order valence-electron chi connectivity index (χ1n) is 19.4. The fraction of sp³-hybridized carbons (Fsp3) is 0. The van der Waals surface area contributed by atoms with Gasteiger partial charge in [0.15, 0.2) is 0 Å². The number of benzene rings is 9. The molecule has 0 saturated carbocycles. The normalized spacial score (nSPS) is 12.1. The molecule has 0 fully saturated rings. The van der Waals surface area contributed by atoms with Crippen LogP contribution in [0.3, 0.4) is 0 Å². The number of rotatable bonds is 5. The second-order valence-corrected chi connectivity index (χ2v) is 15.8. The van der Waals surface area contributed by atoms with Crippen molar-refractivity contribution in [2.75, 3.05) is 0 Å². The van der Waals surface area contributed by atoms with Gasteiger partial charge in [-0.15, -0.1) is 11.3 Å². The van der Waals surface area contributed by atoms with Crippen LogP contribution in [0.4, 0.5) is 11.4 Å². The third-order valence-corrected chi connectivity index (χ3v) is 12.8. The van der Waals surface area contributed by atoms with Crippen LogP contribution in [0.15, 0.2) is 204 Å². The number of thiophene rings is 1. The van der Waals surface area contributed by atoms with Crippen molar-refractivity contribution in [3.63, 3.8) is 0 Å². The SMILES string of the molecule is c1ccc(-c2ccccc2-c2ccccc2-c2c(-c3ccccc3-c3cccc4sc5ccccc5c34)ccc3c2-c2c4c(ccc2=N3)=c2ccccc2=N4)cc1. The predicted molar refractivity (Wildman–Crippen MR) is 238 cm³/mol. The minimum absolute atomic E-state index is 0.962. The van der Waals surface area contributed by atoms with E-state index in [1.807, 2.05) is 11.3 Å². The Labute approximate surface area is 333 Å². The van der Waals surface area contributed by atoms with Crippen LogP contribution in [0.5, 0.6) is 0 Å². The highest BCUT2D eigenvalue weighted by molar-refractivity contribution is 7.25. The molecule has 2 aliphatic heterocycles. The van der Waals surface area contributed by atoms with Crippen molar-refractivity contribution in [3.05, 3.63) is 215 Å². The van der Waals surface area contributed by atoms with Crippen molar-refractivity contribution in [3.8, 4) is 66.8 Å². The molecule has 0 atom stereocenters. The fourth-order valence-corrected chi connectivity index (χ4v) is 10.4. The third kappa shape index (κ3) is 4.89. The molecule has 2 aliphatic rings. The first-order chi connectivity index (χ1) is 28.3. The summed E-state index contributed by atoms with van der Waals surface area (Å²) < 4.78 is 2.60. The van der Waals surface area contributed by atoms with Gasteiger partial charge in [-0.25, -0.2) is 9.98 Å². The highest BCUT2D eigenvalue weighted by atomic mass is 32.1. The van der Waals surface area contributed by atoms with E-state index < -0.39 is 0 Å². The van der Waals surface area contributed by atoms with Gasteiger partial charge in [-0.2, -0.15) is 0 Å². The zero-order valence-corrected chi connectivity index (χ0v) is 31.6. The fourth-order valence-electron chi connectivity index (χ4n) is 9.22. The van der Waals surface area contributed by atoms with Crippen LogP contribution in [-0.4, -0.2) is 0 Å². The van der Waals surface area contributed by atoms with Crippen molar-refractivity contribution in [2.24, 2.45) is 9.98 Å². The molecule has 0 saturated heterocycles. The van der Waals surface area contributed by atoms with Crippen LogP contribution in [0.1, 0.15) is 0 Å². The quantitative estimate of drug-likeness (QED) is 0.168. The average Bonchev–Trinajstić information content (AvgIpc) is 3.98. The number of fused-ring (bicyclic) bond motifs is 9. The Morgan fingerprint density at radius 3 is 1.75 bits per heavy atom. The molecule has 3 heterocycles. The Balaban J connectivity index is 1.20. The molecule has 57 heavy (non-hydrogen) atoms. The number of nitrogens with zero attached hydrogens (tertiary/aromatic N) is 2. The summed E-state index contributed by atoms with van der Waals surface area (Å²) in [4.78, 5) is 10.7. The second-order valence-electron chi connectivity index (χ2n) is 14.8. The zero-order valence-electron chi connectivity index (χ0n) is 30.8. The highest BCUT2D eigenvalue weighted by Gasteiger charge is 2.29. The Morgan fingerprint density at radius 2 is 0.930 bits per heavy atom. The average molecular weight is 741 g/mol. The summed E-state index contributed by atoms with van der Waals surface area (Å²) in [6, 6.07) is 70.4. The molecule has 0 unspecified atom stereocenters. The van der Waals surface area contributed by atoms with Crippen LogP contribution >= 0.6 is 11.3 Å². The van der Waals surface area contributed by atoms with E-state index in [1.54, 1.807) is 0 Å². The lowest BCUT2D eigenvalue weighted by atomic mass is 9.81. The molecule has 3 heteroatoms. The Kier molecular flexibility index (Phi) is 7.13. The van der Waals surface area contributed by atoms with Crippen molar-refractivity contribution in [1.82, 2.24) is 0 Å². The first-order valence-corrected chi connectivity index (χ1v) is 20.2. The molecule has 10 aromatic rings. The molecule has 264 valence electrons. The van der Waals surface area contributed by atoms with E-state index in [9.17, 15) is 0 Å². The summed E-state index contributed by atoms with van der Waals surface area (Å²) in [5.74, 6) is 0. The van der Waals surface area contributed by atoms with Gasteiger partial charge in [-0.1, -0.05) is 158 Å². The van der Waals surface area contributed by atoms with Crippen LogP contribution in [0.2, 0.25) is 0 Å². The van der Waals surface area contributed by atoms with Crippen molar-refractivity contribution in [1.29, 1.82) is 0 Å². The minimum Gasteiger partial charge on any atom is -0.248 e. The highest BCUT2D eigenvalue weighted by Crippen LogP contribution is 2.53. The molecule has 0 aliphatic carbocycles. The molecule has 0 radical (unpaired) electrons. The number of para-hydroxylation sites is 1. The van der Waals surface area contributed by atoms with Crippen molar-refractivity contribution in [2.45, 2.75) is 0 Å². The summed E-state index contributed by atoms with van der Waals surface area (Å²) in [6.45, 7) is 0. The summed E-state index contributed by atoms with van der Waals surface area (Å²) in [5.41, 5.74) is 16.1. The van der Waals surface area contributed by atoms with E-state index >= 15 is 0 Å². The van der Waals surface area contributed by atoms with Crippen LogP contribution in [0.25, 0.3) is 86.9 Å². The molecule has 0 N–H and O–H groups in total. The van der Waals surface area contributed by atoms with Gasteiger partial charge >= 0.3 is 0 Å². The van der Waals surface area contributed by atoms with Crippen molar-refractivity contribution < 1.29 is 0 Å². The Bertz CT molecular complexity index is 3530. The van der Waals surface area contributed by atoms with Gasteiger partial charge in [-0.05, 0) is 86.5 Å². The van der Waals surface area contributed by atoms with E-state index in [-0.39, 0.29) is 0 Å². The van der Waals surface area contributed by atoms with E-state index in [1.165, 1.54) is 75.5 Å². The third-order valence-electron chi connectivity index (χ3n) is 11.7. The molecule has 12 rings (SSSR count). The van der Waals surface area contributed by atoms with Gasteiger partial charge < -0.3 is 0 Å². The molecule has 0 bridgehead atoms. The smallest absolute Gasteiger partial charge is 0.0817 e. The molecule has 9 aromatic carbocycles. The van der Waals surface area contributed by atoms with Crippen molar-refractivity contribution >= 4 is 42.9 Å². The van der Waals surface area contributed by atoms with Crippen LogP contribution < -0.4 is 10.7 Å². The summed E-state index contributed by atoms with van der Waals surface area (Å²) in [6.07, 6.45) is 0. The zero-order chi connectivity index (χ0) is 37.5. The summed E-state index contributed by atoms with van der Waals surface area (Å²) in [5, 5.41) is 6.89. The van der Waals surface area contributed by atoms with Gasteiger partial charge in [0, 0.05) is 47.3 Å². The lowest BCUT2D eigenvalue weighted by Crippen LogP contribution is -2.02. The Hall–Kier alpha value is -7.20. The molecule has 0 spiro atoms. The number of hydrogen-bond acceptors (Lipinski definition) is 3. The van der Waals surface area contributed by atoms with E-state index in [0.29, 0.717) is 0 Å². The topological polar surface area (TPSA) is 24.7 Å². The first kappa shape index (κ1) is 32.1. The lowest BCUT2D eigenvalue weighted by molar-refractivity contribution is 1.36. The van der Waals surface area contributed by atoms with Gasteiger partial charge in [0.25, 0.3) is 0 Å². The van der Waals surface area contributed by atoms with Gasteiger partial charge in [0.2, 0.25) is 0 Å². The maximum Gasteiger partial charge on any atom is 0.0817 e. The van der Waals surface area contributed by atoms with E-state index in [4.69, 9.17) is 9.98 Å². The van der Waals surface area contributed by atoms with Crippen LogP contribution in [0, 0.1) is 10.4 Å². The molecule has 2 nitrogen and oxygen atoms in total. The summed E-state index contributed by atoms with van der Waals surface area (Å²) in [7, 11) is 0. The second kappa shape index (κ2) is 12.7. The largest absolute Gasteiger partial charge is 0.248 e. The predicted octanol–water partition coefficient (Wildman–Crippen LogP) is 13.9. The van der Waals surface area contributed by atoms with E-state index in [2.05, 4.69) is 194 Å². The lowest BCUT2D eigenvalue weighted by Gasteiger charge is -2.22. The molecule has 1 aromatic heterocycles. The van der Waals surface area contributed by atoms with Crippen LogP contribution in [-0.2, 0) is 0 Å². The van der Waals surface area contributed by atoms with Gasteiger partial charge in [-0.3, -0.25) is 0 Å². The van der Waals surface area contributed by atoms with Gasteiger partial charge in [0.1, 0.15) is 0 Å². The molecular weight excluding hydrogens is 709 g/mol. The van der Waals surface area contributed by atoms with Gasteiger partial charge in [0.05, 0.1) is 22.1 Å².